The summed E-state index contributed by atoms with van der Waals surface area (Å²) in [7, 11) is 0. The second-order valence-corrected chi connectivity index (χ2v) is 6.49. The second-order valence-electron chi connectivity index (χ2n) is 6.49. The van der Waals surface area contributed by atoms with E-state index < -0.39 is 0 Å². The lowest BCUT2D eigenvalue weighted by atomic mass is 9.73. The first kappa shape index (κ1) is 17.7. The summed E-state index contributed by atoms with van der Waals surface area (Å²) in [6, 6.07) is 0.433. The fraction of sp³-hybridized carbons (Fsp3) is 0.889. The van der Waals surface area contributed by atoms with Crippen molar-refractivity contribution in [2.24, 2.45) is 5.92 Å². The number of nitrogens with one attached hydrogen (secondary N) is 1. The van der Waals surface area contributed by atoms with Gasteiger partial charge in [0.15, 0.2) is 0 Å². The maximum absolute atomic E-state index is 6.32. The highest BCUT2D eigenvalue weighted by Crippen LogP contribution is 2.39. The van der Waals surface area contributed by atoms with Crippen molar-refractivity contribution in [2.75, 3.05) is 13.2 Å². The zero-order valence-electron chi connectivity index (χ0n) is 14.1. The van der Waals surface area contributed by atoms with Crippen molar-refractivity contribution in [3.63, 3.8) is 0 Å². The van der Waals surface area contributed by atoms with Crippen LogP contribution in [0.3, 0.4) is 0 Å². The molecule has 0 bridgehead atoms. The lowest BCUT2D eigenvalue weighted by Gasteiger charge is -2.45. The van der Waals surface area contributed by atoms with Gasteiger partial charge in [0.05, 0.1) is 5.60 Å². The summed E-state index contributed by atoms with van der Waals surface area (Å²) in [6.07, 6.45) is 8.29. The Hall–Kier alpha value is -0.340. The summed E-state index contributed by atoms with van der Waals surface area (Å²) in [6.45, 7) is 15.1. The molecule has 0 aromatic rings. The van der Waals surface area contributed by atoms with Gasteiger partial charge in [0, 0.05) is 12.6 Å². The van der Waals surface area contributed by atoms with Crippen LogP contribution in [0.5, 0.6) is 0 Å². The quantitative estimate of drug-likeness (QED) is 0.619. The molecule has 20 heavy (non-hydrogen) atoms. The van der Waals surface area contributed by atoms with E-state index in [4.69, 9.17) is 4.74 Å². The van der Waals surface area contributed by atoms with Gasteiger partial charge in [-0.15, -0.1) is 0 Å². The third-order valence-corrected chi connectivity index (χ3v) is 4.82. The van der Waals surface area contributed by atoms with Crippen molar-refractivity contribution in [1.29, 1.82) is 0 Å². The summed E-state index contributed by atoms with van der Waals surface area (Å²) >= 11 is 0. The summed E-state index contributed by atoms with van der Waals surface area (Å²) in [5.41, 5.74) is 1.38. The van der Waals surface area contributed by atoms with Crippen molar-refractivity contribution in [3.8, 4) is 0 Å². The van der Waals surface area contributed by atoms with Gasteiger partial charge in [0.1, 0.15) is 0 Å². The van der Waals surface area contributed by atoms with E-state index in [0.717, 1.165) is 31.9 Å². The largest absolute Gasteiger partial charge is 0.374 e. The molecule has 1 atom stereocenters. The third-order valence-electron chi connectivity index (χ3n) is 4.82. The minimum Gasteiger partial charge on any atom is -0.374 e. The van der Waals surface area contributed by atoms with Gasteiger partial charge in [-0.2, -0.15) is 0 Å². The molecule has 118 valence electrons. The topological polar surface area (TPSA) is 21.3 Å². The molecule has 2 heteroatoms. The Morgan fingerprint density at radius 1 is 1.30 bits per heavy atom. The van der Waals surface area contributed by atoms with Gasteiger partial charge in [0.25, 0.3) is 0 Å². The summed E-state index contributed by atoms with van der Waals surface area (Å²) in [4.78, 5) is 0. The van der Waals surface area contributed by atoms with Gasteiger partial charge in [-0.25, -0.2) is 0 Å². The molecule has 1 fully saturated rings. The molecule has 0 saturated heterocycles. The molecule has 0 aromatic heterocycles. The first-order valence-electron chi connectivity index (χ1n) is 8.61. The molecular formula is C18H35NO. The van der Waals surface area contributed by atoms with Crippen molar-refractivity contribution >= 4 is 0 Å². The highest BCUT2D eigenvalue weighted by atomic mass is 16.5. The molecule has 2 nitrogen and oxygen atoms in total. The summed E-state index contributed by atoms with van der Waals surface area (Å²) in [5, 5.41) is 3.76. The van der Waals surface area contributed by atoms with Gasteiger partial charge in [-0.05, 0) is 64.3 Å². The highest BCUT2D eigenvalue weighted by molar-refractivity contribution is 5.05. The van der Waals surface area contributed by atoms with E-state index >= 15 is 0 Å². The van der Waals surface area contributed by atoms with Crippen LogP contribution in [-0.2, 0) is 4.74 Å². The maximum Gasteiger partial charge on any atom is 0.0837 e. The minimum atomic E-state index is 0.0363. The molecule has 0 aliphatic heterocycles. The van der Waals surface area contributed by atoms with Gasteiger partial charge in [0.2, 0.25) is 0 Å². The van der Waals surface area contributed by atoms with Crippen LogP contribution >= 0.6 is 0 Å². The van der Waals surface area contributed by atoms with Gasteiger partial charge in [-0.3, -0.25) is 0 Å². The summed E-state index contributed by atoms with van der Waals surface area (Å²) in [5.74, 6) is 0.852. The van der Waals surface area contributed by atoms with Crippen LogP contribution in [0.15, 0.2) is 12.2 Å². The Kier molecular flexibility index (Phi) is 7.83. The van der Waals surface area contributed by atoms with E-state index in [0.29, 0.717) is 6.04 Å². The minimum absolute atomic E-state index is 0.0363. The van der Waals surface area contributed by atoms with E-state index in [1.54, 1.807) is 0 Å². The molecule has 1 rings (SSSR count). The van der Waals surface area contributed by atoms with Gasteiger partial charge >= 0.3 is 0 Å². The number of rotatable bonds is 9. The van der Waals surface area contributed by atoms with Crippen LogP contribution < -0.4 is 5.32 Å². The summed E-state index contributed by atoms with van der Waals surface area (Å²) < 4.78 is 6.32. The van der Waals surface area contributed by atoms with Crippen LogP contribution in [0.2, 0.25) is 0 Å². The Labute approximate surface area is 126 Å². The molecule has 1 unspecified atom stereocenters. The van der Waals surface area contributed by atoms with E-state index in [-0.39, 0.29) is 5.60 Å². The van der Waals surface area contributed by atoms with Crippen molar-refractivity contribution in [3.05, 3.63) is 12.2 Å². The average Bonchev–Trinajstić information content (AvgIpc) is 2.46. The van der Waals surface area contributed by atoms with E-state index in [1.165, 1.54) is 37.7 Å². The van der Waals surface area contributed by atoms with E-state index in [1.807, 2.05) is 0 Å². The first-order chi connectivity index (χ1) is 9.57. The van der Waals surface area contributed by atoms with Crippen molar-refractivity contribution in [1.82, 2.24) is 5.32 Å². The van der Waals surface area contributed by atoms with Crippen LogP contribution in [0.1, 0.15) is 72.6 Å². The predicted octanol–water partition coefficient (Wildman–Crippen LogP) is 4.70. The van der Waals surface area contributed by atoms with Crippen LogP contribution in [0.4, 0.5) is 0 Å². The fourth-order valence-electron chi connectivity index (χ4n) is 3.33. The molecule has 0 aromatic carbocycles. The highest BCUT2D eigenvalue weighted by Gasteiger charge is 2.41. The molecule has 1 aliphatic rings. The van der Waals surface area contributed by atoms with Crippen molar-refractivity contribution < 1.29 is 4.74 Å². The number of hydrogen-bond acceptors (Lipinski definition) is 2. The van der Waals surface area contributed by atoms with Crippen LogP contribution in [0, 0.1) is 5.92 Å². The number of hydrogen-bond donors (Lipinski definition) is 1. The molecule has 1 aliphatic carbocycles. The van der Waals surface area contributed by atoms with Crippen LogP contribution in [-0.4, -0.2) is 24.8 Å². The Morgan fingerprint density at radius 2 is 1.95 bits per heavy atom. The van der Waals surface area contributed by atoms with Gasteiger partial charge in [-0.1, -0.05) is 32.9 Å². The lowest BCUT2D eigenvalue weighted by Crippen LogP contribution is -2.54. The second kappa shape index (κ2) is 8.84. The fourth-order valence-corrected chi connectivity index (χ4v) is 3.33. The normalized spacial score (nSPS) is 28.3. The first-order valence-corrected chi connectivity index (χ1v) is 8.61. The van der Waals surface area contributed by atoms with Crippen LogP contribution in [0.25, 0.3) is 0 Å². The molecule has 0 spiro atoms. The molecule has 0 amide bonds. The van der Waals surface area contributed by atoms with E-state index in [9.17, 15) is 0 Å². The Morgan fingerprint density at radius 3 is 2.45 bits per heavy atom. The Bertz CT molecular complexity index is 279. The zero-order valence-corrected chi connectivity index (χ0v) is 14.1. The van der Waals surface area contributed by atoms with Gasteiger partial charge < -0.3 is 10.1 Å². The molecule has 1 N–H and O–H groups in total. The lowest BCUT2D eigenvalue weighted by molar-refractivity contribution is -0.0960. The zero-order chi connectivity index (χ0) is 15.0. The maximum atomic E-state index is 6.32. The Balaban J connectivity index is 2.82. The molecule has 0 radical (unpaired) electrons. The average molecular weight is 281 g/mol. The SMILES string of the molecule is C=C(CC)CC(NCCC)C1(OCC)CCC(C)CC1. The predicted molar refractivity (Wildman–Crippen MR) is 88.1 cm³/mol. The molecular weight excluding hydrogens is 246 g/mol. The molecule has 0 heterocycles. The number of ether oxygens (including phenoxy) is 1. The van der Waals surface area contributed by atoms with E-state index in [2.05, 4.69) is 39.6 Å². The van der Waals surface area contributed by atoms with Crippen molar-refractivity contribution in [2.45, 2.75) is 84.3 Å². The monoisotopic (exact) mass is 281 g/mol. The smallest absolute Gasteiger partial charge is 0.0837 e. The third kappa shape index (κ3) is 4.89. The molecule has 1 saturated carbocycles. The standard InChI is InChI=1S/C18H35NO/c1-6-13-19-17(14-15(4)7-2)18(20-8-3)11-9-16(5)10-12-18/h16-17,19H,4,6-14H2,1-3,5H3.